The van der Waals surface area contributed by atoms with Gasteiger partial charge in [-0.15, -0.1) is 0 Å². The number of amides is 2. The number of nitrogens with zero attached hydrogens (tertiary/aromatic N) is 2. The highest BCUT2D eigenvalue weighted by molar-refractivity contribution is 5.96. The van der Waals surface area contributed by atoms with Crippen molar-refractivity contribution in [1.29, 1.82) is 0 Å². The summed E-state index contributed by atoms with van der Waals surface area (Å²) in [4.78, 5) is 30.3. The number of carbonyl (C=O) groups is 2. The van der Waals surface area contributed by atoms with Gasteiger partial charge in [0.25, 0.3) is 5.91 Å². The number of hydrogen-bond acceptors (Lipinski definition) is 4. The first-order chi connectivity index (χ1) is 17.0. The molecule has 0 aromatic heterocycles. The first kappa shape index (κ1) is 24.3. The Kier molecular flexibility index (Phi) is 7.70. The number of hydrogen-bond donors (Lipinski definition) is 0. The maximum Gasteiger partial charge on any atom is 0.254 e. The average molecular weight is 473 g/mol. The number of fused-ring (bicyclic) bond motifs is 1. The molecule has 0 spiro atoms. The molecular formula is C29H32N2O4. The second kappa shape index (κ2) is 11.1. The van der Waals surface area contributed by atoms with Crippen LogP contribution in [0.25, 0.3) is 0 Å². The Morgan fingerprint density at radius 2 is 1.54 bits per heavy atom. The molecule has 0 bridgehead atoms. The Morgan fingerprint density at radius 1 is 0.886 bits per heavy atom. The van der Waals surface area contributed by atoms with Crippen molar-refractivity contribution in [1.82, 2.24) is 9.80 Å². The summed E-state index contributed by atoms with van der Waals surface area (Å²) in [5.74, 6) is 1.13. The quantitative estimate of drug-likeness (QED) is 0.485. The Labute approximate surface area is 207 Å². The van der Waals surface area contributed by atoms with Gasteiger partial charge in [0.1, 0.15) is 6.54 Å². The summed E-state index contributed by atoms with van der Waals surface area (Å²) in [5, 5.41) is 0. The molecular weight excluding hydrogens is 440 g/mol. The molecule has 0 N–H and O–H groups in total. The van der Waals surface area contributed by atoms with Crippen LogP contribution in [-0.2, 0) is 30.7 Å². The van der Waals surface area contributed by atoms with Gasteiger partial charge in [0.2, 0.25) is 5.91 Å². The van der Waals surface area contributed by atoms with E-state index >= 15 is 0 Å². The van der Waals surface area contributed by atoms with Crippen molar-refractivity contribution in [3.63, 3.8) is 0 Å². The Hall–Kier alpha value is -3.80. The van der Waals surface area contributed by atoms with Crippen LogP contribution in [0.2, 0.25) is 0 Å². The highest BCUT2D eigenvalue weighted by Crippen LogP contribution is 2.33. The molecule has 0 radical (unpaired) electrons. The van der Waals surface area contributed by atoms with Crippen molar-refractivity contribution in [3.05, 3.63) is 94.5 Å². The summed E-state index contributed by atoms with van der Waals surface area (Å²) in [6.07, 6.45) is 1.64. The molecule has 1 heterocycles. The second-order valence-electron chi connectivity index (χ2n) is 8.74. The van der Waals surface area contributed by atoms with E-state index in [9.17, 15) is 9.59 Å². The summed E-state index contributed by atoms with van der Waals surface area (Å²) in [7, 11) is 3.23. The van der Waals surface area contributed by atoms with Gasteiger partial charge in [-0.25, -0.2) is 0 Å². The summed E-state index contributed by atoms with van der Waals surface area (Å²) < 4.78 is 10.9. The lowest BCUT2D eigenvalue weighted by molar-refractivity contribution is -0.133. The minimum absolute atomic E-state index is 0.0197. The fraction of sp³-hybridized carbons (Fsp3) is 0.310. The predicted octanol–water partition coefficient (Wildman–Crippen LogP) is 4.49. The summed E-state index contributed by atoms with van der Waals surface area (Å²) >= 11 is 0. The van der Waals surface area contributed by atoms with Gasteiger partial charge in [-0.05, 0) is 59.4 Å². The minimum atomic E-state index is -0.145. The Bertz CT molecular complexity index is 1180. The van der Waals surface area contributed by atoms with Crippen LogP contribution in [0, 0.1) is 0 Å². The standard InChI is InChI=1S/C29H32N2O4/c1-4-21-10-12-23(13-11-21)29(33)31(18-22-8-6-5-7-9-22)20-28(32)30-15-14-24-16-26(34-2)27(35-3)17-25(24)19-30/h5-13,16-17H,4,14-15,18-20H2,1-3H3. The van der Waals surface area contributed by atoms with Crippen LogP contribution in [-0.4, -0.2) is 48.9 Å². The van der Waals surface area contributed by atoms with Gasteiger partial charge in [-0.1, -0.05) is 49.4 Å². The van der Waals surface area contributed by atoms with Crippen LogP contribution >= 0.6 is 0 Å². The van der Waals surface area contributed by atoms with Gasteiger partial charge in [0.05, 0.1) is 14.2 Å². The zero-order valence-electron chi connectivity index (χ0n) is 20.6. The summed E-state index contributed by atoms with van der Waals surface area (Å²) in [6.45, 7) is 3.55. The number of carbonyl (C=O) groups excluding carboxylic acids is 2. The maximum absolute atomic E-state index is 13.4. The molecule has 0 atom stereocenters. The summed E-state index contributed by atoms with van der Waals surface area (Å²) in [5.41, 5.74) is 4.94. The SMILES string of the molecule is CCc1ccc(C(=O)N(CC(=O)N2CCc3cc(OC)c(OC)cc3C2)Cc2ccccc2)cc1. The smallest absolute Gasteiger partial charge is 0.254 e. The van der Waals surface area contributed by atoms with Crippen molar-refractivity contribution in [2.75, 3.05) is 27.3 Å². The molecule has 1 aliphatic heterocycles. The van der Waals surface area contributed by atoms with Crippen molar-refractivity contribution in [2.45, 2.75) is 32.9 Å². The lowest BCUT2D eigenvalue weighted by Gasteiger charge is -2.32. The number of ether oxygens (including phenoxy) is 2. The van der Waals surface area contributed by atoms with Crippen molar-refractivity contribution in [2.24, 2.45) is 0 Å². The van der Waals surface area contributed by atoms with E-state index in [2.05, 4.69) is 6.92 Å². The van der Waals surface area contributed by atoms with Gasteiger partial charge >= 0.3 is 0 Å². The lowest BCUT2D eigenvalue weighted by Crippen LogP contribution is -2.44. The molecule has 1 aliphatic rings. The highest BCUT2D eigenvalue weighted by atomic mass is 16.5. The van der Waals surface area contributed by atoms with Crippen LogP contribution in [0.3, 0.4) is 0 Å². The fourth-order valence-corrected chi connectivity index (χ4v) is 4.43. The van der Waals surface area contributed by atoms with E-state index in [-0.39, 0.29) is 18.4 Å². The Morgan fingerprint density at radius 3 is 2.17 bits per heavy atom. The Balaban J connectivity index is 1.53. The van der Waals surface area contributed by atoms with Gasteiger partial charge in [0, 0.05) is 25.2 Å². The number of rotatable bonds is 8. The van der Waals surface area contributed by atoms with Gasteiger partial charge < -0.3 is 19.3 Å². The fourth-order valence-electron chi connectivity index (χ4n) is 4.43. The van der Waals surface area contributed by atoms with Crippen LogP contribution < -0.4 is 9.47 Å². The van der Waals surface area contributed by atoms with Crippen molar-refractivity contribution in [3.8, 4) is 11.5 Å². The zero-order valence-corrected chi connectivity index (χ0v) is 20.6. The lowest BCUT2D eigenvalue weighted by atomic mass is 9.98. The molecule has 2 amide bonds. The van der Waals surface area contributed by atoms with E-state index in [0.717, 1.165) is 29.5 Å². The third-order valence-electron chi connectivity index (χ3n) is 6.51. The molecule has 0 aliphatic carbocycles. The number of aryl methyl sites for hydroxylation is 1. The molecule has 6 nitrogen and oxygen atoms in total. The minimum Gasteiger partial charge on any atom is -0.493 e. The highest BCUT2D eigenvalue weighted by Gasteiger charge is 2.26. The van der Waals surface area contributed by atoms with E-state index in [1.54, 1.807) is 19.1 Å². The third-order valence-corrected chi connectivity index (χ3v) is 6.51. The predicted molar refractivity (Wildman–Crippen MR) is 136 cm³/mol. The van der Waals surface area contributed by atoms with Crippen LogP contribution in [0.1, 0.15) is 39.5 Å². The largest absolute Gasteiger partial charge is 0.493 e. The zero-order chi connectivity index (χ0) is 24.8. The van der Waals surface area contributed by atoms with Crippen molar-refractivity contribution < 1.29 is 19.1 Å². The van der Waals surface area contributed by atoms with Crippen molar-refractivity contribution >= 4 is 11.8 Å². The van der Waals surface area contributed by atoms with Crippen LogP contribution in [0.5, 0.6) is 11.5 Å². The molecule has 0 saturated heterocycles. The number of benzene rings is 3. The maximum atomic E-state index is 13.4. The van der Waals surface area contributed by atoms with Gasteiger partial charge in [-0.2, -0.15) is 0 Å². The molecule has 0 unspecified atom stereocenters. The molecule has 0 saturated carbocycles. The molecule has 4 rings (SSSR count). The van der Waals surface area contributed by atoms with E-state index in [4.69, 9.17) is 9.47 Å². The van der Waals surface area contributed by atoms with E-state index in [1.165, 1.54) is 5.56 Å². The summed E-state index contributed by atoms with van der Waals surface area (Å²) in [6, 6.07) is 21.3. The molecule has 182 valence electrons. The monoisotopic (exact) mass is 472 g/mol. The van der Waals surface area contributed by atoms with E-state index in [0.29, 0.717) is 36.7 Å². The van der Waals surface area contributed by atoms with Crippen LogP contribution in [0.4, 0.5) is 0 Å². The number of methoxy groups -OCH3 is 2. The normalized spacial score (nSPS) is 12.6. The molecule has 3 aromatic carbocycles. The molecule has 0 fully saturated rings. The topological polar surface area (TPSA) is 59.1 Å². The first-order valence-corrected chi connectivity index (χ1v) is 12.0. The first-order valence-electron chi connectivity index (χ1n) is 12.0. The molecule has 35 heavy (non-hydrogen) atoms. The third kappa shape index (κ3) is 5.65. The van der Waals surface area contributed by atoms with Gasteiger partial charge in [-0.3, -0.25) is 9.59 Å². The van der Waals surface area contributed by atoms with Crippen LogP contribution in [0.15, 0.2) is 66.7 Å². The molecule has 6 heteroatoms. The second-order valence-corrected chi connectivity index (χ2v) is 8.74. The van der Waals surface area contributed by atoms with E-state index < -0.39 is 0 Å². The average Bonchev–Trinajstić information content (AvgIpc) is 2.91. The molecule has 3 aromatic rings. The van der Waals surface area contributed by atoms with Gasteiger partial charge in [0.15, 0.2) is 11.5 Å². The van der Waals surface area contributed by atoms with E-state index in [1.807, 2.05) is 71.6 Å².